The van der Waals surface area contributed by atoms with Gasteiger partial charge in [0.05, 0.1) is 47.8 Å². The third-order valence-corrected chi connectivity index (χ3v) is 5.74. The van der Waals surface area contributed by atoms with Crippen LogP contribution < -0.4 is 10.4 Å². The lowest BCUT2D eigenvalue weighted by Crippen LogP contribution is -2.56. The highest BCUT2D eigenvalue weighted by Gasteiger charge is 2.47. The largest absolute Gasteiger partial charge is 0.446 e. The lowest BCUT2D eigenvalue weighted by Gasteiger charge is -2.36. The molecule has 2 aromatic carbocycles. The van der Waals surface area contributed by atoms with Gasteiger partial charge in [-0.2, -0.15) is 10.4 Å². The molecule has 0 fully saturated rings. The molecule has 0 spiro atoms. The molecular weight excluding hydrogens is 458 g/mol. The first-order valence-corrected chi connectivity index (χ1v) is 11.9. The van der Waals surface area contributed by atoms with Gasteiger partial charge in [0.25, 0.3) is 0 Å². The van der Waals surface area contributed by atoms with E-state index in [0.717, 1.165) is 22.0 Å². The molecule has 2 amide bonds. The fourth-order valence-electron chi connectivity index (χ4n) is 3.98. The quantitative estimate of drug-likeness (QED) is 0.565. The number of ether oxygens (including phenoxy) is 2. The number of hydrazine groups is 1. The monoisotopic (exact) mass is 491 g/mol. The molecule has 9 heteroatoms. The number of carbonyl (C=O) groups is 2. The van der Waals surface area contributed by atoms with Gasteiger partial charge >= 0.3 is 12.2 Å². The average molecular weight is 492 g/mol. The van der Waals surface area contributed by atoms with Crippen molar-refractivity contribution in [1.29, 1.82) is 5.26 Å². The van der Waals surface area contributed by atoms with Gasteiger partial charge in [-0.15, -0.1) is 0 Å². The predicted octanol–water partition coefficient (Wildman–Crippen LogP) is 5.07. The summed E-state index contributed by atoms with van der Waals surface area (Å²) in [5.74, 6) is 0. The molecule has 0 bridgehead atoms. The van der Waals surface area contributed by atoms with Crippen LogP contribution in [-0.4, -0.2) is 47.7 Å². The van der Waals surface area contributed by atoms with Gasteiger partial charge in [0.2, 0.25) is 0 Å². The molecule has 9 nitrogen and oxygen atoms in total. The van der Waals surface area contributed by atoms with Crippen LogP contribution in [0.2, 0.25) is 0 Å². The van der Waals surface area contributed by atoms with Gasteiger partial charge in [-0.1, -0.05) is 44.2 Å². The van der Waals surface area contributed by atoms with Crippen molar-refractivity contribution in [3.63, 3.8) is 0 Å². The van der Waals surface area contributed by atoms with E-state index in [1.807, 2.05) is 61.3 Å². The number of hydrogen-bond donors (Lipinski definition) is 1. The SMILES string of the molecule is CC(C)OC(=O)NN(CC1N(c2ccccc2)N=C(c2ccc(C#N)cc2)C1(C)C)C(=O)OC(C)C. The van der Waals surface area contributed by atoms with Crippen molar-refractivity contribution in [2.24, 2.45) is 10.5 Å². The van der Waals surface area contributed by atoms with Crippen molar-refractivity contribution in [3.8, 4) is 6.07 Å². The number of nitriles is 1. The highest BCUT2D eigenvalue weighted by atomic mass is 16.6. The van der Waals surface area contributed by atoms with E-state index in [1.165, 1.54) is 0 Å². The highest BCUT2D eigenvalue weighted by molar-refractivity contribution is 6.07. The van der Waals surface area contributed by atoms with Gasteiger partial charge in [-0.05, 0) is 57.5 Å². The van der Waals surface area contributed by atoms with Crippen molar-refractivity contribution >= 4 is 23.6 Å². The Kier molecular flexibility index (Phi) is 8.20. The second-order valence-corrected chi connectivity index (χ2v) is 9.66. The third kappa shape index (κ3) is 6.13. The van der Waals surface area contributed by atoms with Crippen LogP contribution >= 0.6 is 0 Å². The van der Waals surface area contributed by atoms with Crippen LogP contribution in [0.15, 0.2) is 59.7 Å². The van der Waals surface area contributed by atoms with E-state index in [0.29, 0.717) is 5.56 Å². The fraction of sp³-hybridized carbons (Fsp3) is 0.407. The van der Waals surface area contributed by atoms with Crippen LogP contribution in [0.25, 0.3) is 0 Å². The third-order valence-electron chi connectivity index (χ3n) is 5.74. The summed E-state index contributed by atoms with van der Waals surface area (Å²) in [5.41, 5.74) is 5.03. The fourth-order valence-corrected chi connectivity index (χ4v) is 3.98. The maximum absolute atomic E-state index is 13.0. The van der Waals surface area contributed by atoms with Gasteiger partial charge < -0.3 is 9.47 Å². The number of anilines is 1. The molecule has 190 valence electrons. The van der Waals surface area contributed by atoms with E-state index < -0.39 is 17.6 Å². The molecule has 0 saturated carbocycles. The van der Waals surface area contributed by atoms with Crippen molar-refractivity contribution in [3.05, 3.63) is 65.7 Å². The van der Waals surface area contributed by atoms with E-state index >= 15 is 0 Å². The number of nitrogens with zero attached hydrogens (tertiary/aromatic N) is 4. The molecule has 36 heavy (non-hydrogen) atoms. The van der Waals surface area contributed by atoms with Gasteiger partial charge in [0, 0.05) is 5.41 Å². The van der Waals surface area contributed by atoms with Crippen LogP contribution in [0.3, 0.4) is 0 Å². The molecule has 1 unspecified atom stereocenters. The van der Waals surface area contributed by atoms with Gasteiger partial charge in [-0.25, -0.2) is 20.0 Å². The maximum Gasteiger partial charge on any atom is 0.429 e. The van der Waals surface area contributed by atoms with Crippen LogP contribution in [0.4, 0.5) is 15.3 Å². The zero-order valence-corrected chi connectivity index (χ0v) is 21.6. The lowest BCUT2D eigenvalue weighted by atomic mass is 9.77. The Morgan fingerprint density at radius 2 is 1.67 bits per heavy atom. The minimum absolute atomic E-state index is 0.0733. The van der Waals surface area contributed by atoms with E-state index in [4.69, 9.17) is 14.6 Å². The Labute approximate surface area is 212 Å². The molecule has 0 radical (unpaired) electrons. The summed E-state index contributed by atoms with van der Waals surface area (Å²) in [5, 5.41) is 17.2. The van der Waals surface area contributed by atoms with Crippen LogP contribution in [0.1, 0.15) is 52.7 Å². The standard InChI is InChI=1S/C27H33N5O4/c1-18(2)35-25(33)30-31(26(34)36-19(3)4)17-23-27(5,6)24(21-14-12-20(16-28)13-15-21)29-32(23)22-10-8-7-9-11-22/h7-15,18-19,23H,17H2,1-6H3,(H,30,33). The molecule has 1 atom stereocenters. The first-order chi connectivity index (χ1) is 17.0. The molecule has 0 aliphatic carbocycles. The molecule has 3 rings (SSSR count). The normalized spacial score (nSPS) is 16.4. The maximum atomic E-state index is 13.0. The Morgan fingerprint density at radius 3 is 2.22 bits per heavy atom. The predicted molar refractivity (Wildman–Crippen MR) is 137 cm³/mol. The molecule has 1 aliphatic rings. The van der Waals surface area contributed by atoms with Crippen molar-refractivity contribution in [2.75, 3.05) is 11.6 Å². The first kappa shape index (κ1) is 26.5. The number of para-hydroxylation sites is 1. The van der Waals surface area contributed by atoms with Gasteiger partial charge in [0.1, 0.15) is 0 Å². The van der Waals surface area contributed by atoms with E-state index in [9.17, 15) is 14.9 Å². The second-order valence-electron chi connectivity index (χ2n) is 9.66. The molecular formula is C27H33N5O4. The van der Waals surface area contributed by atoms with E-state index in [-0.39, 0.29) is 24.8 Å². The number of carbonyl (C=O) groups excluding carboxylic acids is 2. The summed E-state index contributed by atoms with van der Waals surface area (Å²) in [6, 6.07) is 18.6. The molecule has 1 heterocycles. The smallest absolute Gasteiger partial charge is 0.429 e. The van der Waals surface area contributed by atoms with Crippen LogP contribution in [-0.2, 0) is 9.47 Å². The van der Waals surface area contributed by atoms with Gasteiger partial charge in [0.15, 0.2) is 0 Å². The number of amides is 2. The van der Waals surface area contributed by atoms with Crippen molar-refractivity contribution in [2.45, 2.75) is 59.8 Å². The molecule has 1 aliphatic heterocycles. The van der Waals surface area contributed by atoms with Crippen LogP contribution in [0, 0.1) is 16.7 Å². The summed E-state index contributed by atoms with van der Waals surface area (Å²) in [6.45, 7) is 11.1. The van der Waals surface area contributed by atoms with Gasteiger partial charge in [-0.3, -0.25) is 5.01 Å². The first-order valence-electron chi connectivity index (χ1n) is 11.9. The minimum Gasteiger partial charge on any atom is -0.446 e. The molecule has 0 aromatic heterocycles. The van der Waals surface area contributed by atoms with E-state index in [2.05, 4.69) is 11.5 Å². The summed E-state index contributed by atoms with van der Waals surface area (Å²) >= 11 is 0. The zero-order valence-electron chi connectivity index (χ0n) is 21.6. The number of rotatable bonds is 6. The molecule has 0 saturated heterocycles. The Bertz CT molecular complexity index is 1140. The highest BCUT2D eigenvalue weighted by Crippen LogP contribution is 2.39. The Hall–Kier alpha value is -4.06. The molecule has 2 aromatic rings. The van der Waals surface area contributed by atoms with Crippen LogP contribution in [0.5, 0.6) is 0 Å². The second kappa shape index (κ2) is 11.1. The summed E-state index contributed by atoms with van der Waals surface area (Å²) in [7, 11) is 0. The van der Waals surface area contributed by atoms with E-state index in [1.54, 1.807) is 39.8 Å². The summed E-state index contributed by atoms with van der Waals surface area (Å²) in [6.07, 6.45) is -2.18. The number of benzene rings is 2. The topological polar surface area (TPSA) is 107 Å². The Morgan fingerprint density at radius 1 is 1.06 bits per heavy atom. The summed E-state index contributed by atoms with van der Waals surface area (Å²) in [4.78, 5) is 25.4. The number of nitrogens with one attached hydrogen (secondary N) is 1. The number of hydrogen-bond acceptors (Lipinski definition) is 7. The number of hydrazone groups is 1. The lowest BCUT2D eigenvalue weighted by molar-refractivity contribution is 0.0425. The summed E-state index contributed by atoms with van der Waals surface area (Å²) < 4.78 is 10.6. The van der Waals surface area contributed by atoms with Crippen molar-refractivity contribution in [1.82, 2.24) is 10.4 Å². The minimum atomic E-state index is -0.749. The average Bonchev–Trinajstić information content (AvgIpc) is 3.08. The zero-order chi connectivity index (χ0) is 26.5. The molecule has 1 N–H and O–H groups in total. The Balaban J connectivity index is 2.00. The van der Waals surface area contributed by atoms with Crippen molar-refractivity contribution < 1.29 is 19.1 Å².